The van der Waals surface area contributed by atoms with E-state index in [4.69, 9.17) is 14.2 Å². The maximum absolute atomic E-state index is 12.2. The molecule has 0 heterocycles. The Balaban J connectivity index is 2.17. The highest BCUT2D eigenvalue weighted by Gasteiger charge is 2.13. The van der Waals surface area contributed by atoms with Gasteiger partial charge >= 0.3 is 11.9 Å². The minimum atomic E-state index is -0.562. The minimum absolute atomic E-state index is 0.290. The summed E-state index contributed by atoms with van der Waals surface area (Å²) in [5.74, 6) is 0.257. The average molecular weight is 316 g/mol. The standard InChI is InChI=1S/C17H16O6/c1-20-14-8-12(9-15(10-14)21-2)17(19)23-13-6-4-11(5-7-13)16(18)22-3/h4-10H,1-3H3. The van der Waals surface area contributed by atoms with Crippen LogP contribution in [0.15, 0.2) is 42.5 Å². The fourth-order valence-corrected chi connectivity index (χ4v) is 1.87. The van der Waals surface area contributed by atoms with E-state index in [1.165, 1.54) is 45.6 Å². The maximum atomic E-state index is 12.2. The lowest BCUT2D eigenvalue weighted by Gasteiger charge is -2.09. The van der Waals surface area contributed by atoms with Crippen molar-refractivity contribution >= 4 is 11.9 Å². The second-order valence-corrected chi connectivity index (χ2v) is 4.51. The highest BCUT2D eigenvalue weighted by molar-refractivity contribution is 5.92. The van der Waals surface area contributed by atoms with Crippen molar-refractivity contribution in [3.05, 3.63) is 53.6 Å². The number of benzene rings is 2. The van der Waals surface area contributed by atoms with Gasteiger partial charge in [-0.25, -0.2) is 9.59 Å². The van der Waals surface area contributed by atoms with Crippen molar-refractivity contribution in [3.8, 4) is 17.2 Å². The third-order valence-electron chi connectivity index (χ3n) is 3.07. The number of hydrogen-bond acceptors (Lipinski definition) is 6. The fraction of sp³-hybridized carbons (Fsp3) is 0.176. The van der Waals surface area contributed by atoms with Crippen molar-refractivity contribution in [2.24, 2.45) is 0 Å². The van der Waals surface area contributed by atoms with Crippen molar-refractivity contribution in [2.45, 2.75) is 0 Å². The molecule has 0 aromatic heterocycles. The molecule has 0 spiro atoms. The molecule has 0 bridgehead atoms. The first-order valence-corrected chi connectivity index (χ1v) is 6.71. The summed E-state index contributed by atoms with van der Waals surface area (Å²) in [6.45, 7) is 0. The van der Waals surface area contributed by atoms with Crippen LogP contribution >= 0.6 is 0 Å². The zero-order chi connectivity index (χ0) is 16.8. The Morgan fingerprint density at radius 2 is 1.26 bits per heavy atom. The average Bonchev–Trinajstić information content (AvgIpc) is 2.61. The van der Waals surface area contributed by atoms with Crippen LogP contribution in [0, 0.1) is 0 Å². The largest absolute Gasteiger partial charge is 0.497 e. The fourth-order valence-electron chi connectivity index (χ4n) is 1.87. The summed E-state index contributed by atoms with van der Waals surface area (Å²) in [6, 6.07) is 10.8. The number of rotatable bonds is 5. The van der Waals surface area contributed by atoms with E-state index in [9.17, 15) is 9.59 Å². The molecule has 0 aliphatic heterocycles. The highest BCUT2D eigenvalue weighted by Crippen LogP contribution is 2.24. The summed E-state index contributed by atoms with van der Waals surface area (Å²) in [6.07, 6.45) is 0. The number of carbonyl (C=O) groups is 2. The van der Waals surface area contributed by atoms with Gasteiger partial charge in [-0.05, 0) is 36.4 Å². The highest BCUT2D eigenvalue weighted by atomic mass is 16.5. The molecule has 120 valence electrons. The Kier molecular flexibility index (Phi) is 5.19. The molecule has 0 atom stereocenters. The molecule has 0 fully saturated rings. The molecular weight excluding hydrogens is 300 g/mol. The zero-order valence-electron chi connectivity index (χ0n) is 13.0. The molecule has 0 saturated heterocycles. The van der Waals surface area contributed by atoms with Crippen molar-refractivity contribution in [2.75, 3.05) is 21.3 Å². The minimum Gasteiger partial charge on any atom is -0.497 e. The molecule has 23 heavy (non-hydrogen) atoms. The summed E-state index contributed by atoms with van der Waals surface area (Å²) >= 11 is 0. The summed E-state index contributed by atoms with van der Waals surface area (Å²) in [5, 5.41) is 0. The lowest BCUT2D eigenvalue weighted by Crippen LogP contribution is -2.09. The van der Waals surface area contributed by atoms with E-state index in [1.54, 1.807) is 18.2 Å². The Hall–Kier alpha value is -3.02. The van der Waals surface area contributed by atoms with Crippen LogP contribution in [-0.4, -0.2) is 33.3 Å². The van der Waals surface area contributed by atoms with Gasteiger partial charge in [-0.15, -0.1) is 0 Å². The normalized spacial score (nSPS) is 9.87. The van der Waals surface area contributed by atoms with Gasteiger partial charge < -0.3 is 18.9 Å². The monoisotopic (exact) mass is 316 g/mol. The molecule has 0 amide bonds. The lowest BCUT2D eigenvalue weighted by atomic mass is 10.2. The summed E-state index contributed by atoms with van der Waals surface area (Å²) in [5.41, 5.74) is 0.661. The first kappa shape index (κ1) is 16.4. The van der Waals surface area contributed by atoms with Crippen molar-refractivity contribution in [1.82, 2.24) is 0 Å². The van der Waals surface area contributed by atoms with Crippen LogP contribution in [0.5, 0.6) is 17.2 Å². The maximum Gasteiger partial charge on any atom is 0.343 e. The molecule has 6 nitrogen and oxygen atoms in total. The molecular formula is C17H16O6. The summed E-state index contributed by atoms with van der Waals surface area (Å²) < 4.78 is 20.1. The Morgan fingerprint density at radius 3 is 1.74 bits per heavy atom. The van der Waals surface area contributed by atoms with Crippen LogP contribution in [0.4, 0.5) is 0 Å². The van der Waals surface area contributed by atoms with E-state index in [2.05, 4.69) is 4.74 Å². The van der Waals surface area contributed by atoms with Gasteiger partial charge in [0.15, 0.2) is 0 Å². The Labute approximate surface area is 133 Å². The van der Waals surface area contributed by atoms with Crippen LogP contribution in [-0.2, 0) is 4.74 Å². The van der Waals surface area contributed by atoms with Gasteiger partial charge in [0, 0.05) is 6.07 Å². The van der Waals surface area contributed by atoms with E-state index in [0.29, 0.717) is 28.4 Å². The van der Waals surface area contributed by atoms with Gasteiger partial charge in [0.2, 0.25) is 0 Å². The van der Waals surface area contributed by atoms with E-state index < -0.39 is 11.9 Å². The SMILES string of the molecule is COC(=O)c1ccc(OC(=O)c2cc(OC)cc(OC)c2)cc1. The zero-order valence-corrected chi connectivity index (χ0v) is 13.0. The van der Waals surface area contributed by atoms with Gasteiger partial charge in [0.1, 0.15) is 17.2 Å². The van der Waals surface area contributed by atoms with Gasteiger partial charge in [-0.2, -0.15) is 0 Å². The molecule has 0 aliphatic carbocycles. The third kappa shape index (κ3) is 4.00. The van der Waals surface area contributed by atoms with Crippen LogP contribution < -0.4 is 14.2 Å². The molecule has 2 aromatic carbocycles. The Morgan fingerprint density at radius 1 is 0.696 bits per heavy atom. The van der Waals surface area contributed by atoms with E-state index in [-0.39, 0.29) is 0 Å². The molecule has 0 aliphatic rings. The van der Waals surface area contributed by atoms with E-state index in [0.717, 1.165) is 0 Å². The van der Waals surface area contributed by atoms with Crippen LogP contribution in [0.1, 0.15) is 20.7 Å². The molecule has 0 saturated carbocycles. The molecule has 0 unspecified atom stereocenters. The molecule has 2 aromatic rings. The summed E-state index contributed by atoms with van der Waals surface area (Å²) in [7, 11) is 4.29. The van der Waals surface area contributed by atoms with Gasteiger partial charge in [-0.3, -0.25) is 0 Å². The smallest absolute Gasteiger partial charge is 0.343 e. The molecule has 0 N–H and O–H groups in total. The first-order chi connectivity index (χ1) is 11.1. The van der Waals surface area contributed by atoms with Crippen LogP contribution in [0.3, 0.4) is 0 Å². The first-order valence-electron chi connectivity index (χ1n) is 6.71. The second kappa shape index (κ2) is 7.31. The van der Waals surface area contributed by atoms with Gasteiger partial charge in [0.25, 0.3) is 0 Å². The third-order valence-corrected chi connectivity index (χ3v) is 3.07. The van der Waals surface area contributed by atoms with Crippen LogP contribution in [0.25, 0.3) is 0 Å². The lowest BCUT2D eigenvalue weighted by molar-refractivity contribution is 0.0600. The Bertz CT molecular complexity index is 683. The quantitative estimate of drug-likeness (QED) is 0.624. The van der Waals surface area contributed by atoms with Gasteiger partial charge in [0.05, 0.1) is 32.5 Å². The van der Waals surface area contributed by atoms with E-state index in [1.807, 2.05) is 0 Å². The molecule has 0 radical (unpaired) electrons. The van der Waals surface area contributed by atoms with Crippen molar-refractivity contribution in [3.63, 3.8) is 0 Å². The number of carbonyl (C=O) groups excluding carboxylic acids is 2. The summed E-state index contributed by atoms with van der Waals surface area (Å²) in [4.78, 5) is 23.6. The molecule has 2 rings (SSSR count). The van der Waals surface area contributed by atoms with Crippen molar-refractivity contribution < 1.29 is 28.5 Å². The van der Waals surface area contributed by atoms with Crippen LogP contribution in [0.2, 0.25) is 0 Å². The second-order valence-electron chi connectivity index (χ2n) is 4.51. The predicted octanol–water partition coefficient (Wildman–Crippen LogP) is 2.71. The molecule has 6 heteroatoms. The van der Waals surface area contributed by atoms with Crippen molar-refractivity contribution in [1.29, 1.82) is 0 Å². The van der Waals surface area contributed by atoms with Gasteiger partial charge in [-0.1, -0.05) is 0 Å². The number of methoxy groups -OCH3 is 3. The number of esters is 2. The van der Waals surface area contributed by atoms with E-state index >= 15 is 0 Å². The topological polar surface area (TPSA) is 71.1 Å². The number of ether oxygens (including phenoxy) is 4. The number of hydrogen-bond donors (Lipinski definition) is 0. The predicted molar refractivity (Wildman–Crippen MR) is 82.3 cm³/mol.